The summed E-state index contributed by atoms with van der Waals surface area (Å²) in [6.07, 6.45) is 4.59. The van der Waals surface area contributed by atoms with E-state index >= 15 is 0 Å². The second-order valence-corrected chi connectivity index (χ2v) is 5.32. The van der Waals surface area contributed by atoms with Crippen LogP contribution in [-0.4, -0.2) is 29.8 Å². The average Bonchev–Trinajstić information content (AvgIpc) is 2.88. The van der Waals surface area contributed by atoms with Crippen molar-refractivity contribution in [3.05, 3.63) is 11.7 Å². The summed E-state index contributed by atoms with van der Waals surface area (Å²) < 4.78 is 11.1. The van der Waals surface area contributed by atoms with Crippen LogP contribution >= 0.6 is 0 Å². The molecule has 1 aromatic heterocycles. The van der Waals surface area contributed by atoms with E-state index in [9.17, 15) is 0 Å². The fourth-order valence-corrected chi connectivity index (χ4v) is 2.60. The van der Waals surface area contributed by atoms with Crippen LogP contribution in [0.2, 0.25) is 0 Å². The van der Waals surface area contributed by atoms with Gasteiger partial charge in [0.25, 0.3) is 0 Å². The van der Waals surface area contributed by atoms with Crippen LogP contribution in [0.5, 0.6) is 0 Å². The van der Waals surface area contributed by atoms with Gasteiger partial charge in [0.15, 0.2) is 0 Å². The molecule has 2 fully saturated rings. The van der Waals surface area contributed by atoms with Gasteiger partial charge in [0.05, 0.1) is 0 Å². The molecule has 0 bridgehead atoms. The van der Waals surface area contributed by atoms with Crippen LogP contribution in [0.15, 0.2) is 4.52 Å². The van der Waals surface area contributed by atoms with Crippen molar-refractivity contribution in [1.29, 1.82) is 0 Å². The summed E-state index contributed by atoms with van der Waals surface area (Å²) in [6.45, 7) is 4.89. The number of ether oxygens (including phenoxy) is 1. The molecule has 1 aromatic rings. The Morgan fingerprint density at radius 1 is 1.44 bits per heavy atom. The molecule has 100 valence electrons. The van der Waals surface area contributed by atoms with Gasteiger partial charge in [0.1, 0.15) is 6.10 Å². The summed E-state index contributed by atoms with van der Waals surface area (Å²) in [7, 11) is 0. The number of nitrogens with zero attached hydrogens (tertiary/aromatic N) is 2. The first-order chi connectivity index (χ1) is 8.86. The first-order valence-electron chi connectivity index (χ1n) is 7.01. The van der Waals surface area contributed by atoms with Gasteiger partial charge in [-0.05, 0) is 51.1 Å². The fraction of sp³-hybridized carbons (Fsp3) is 0.846. The minimum absolute atomic E-state index is 0.0502. The predicted molar refractivity (Wildman–Crippen MR) is 66.1 cm³/mol. The molecule has 2 heterocycles. The molecule has 0 spiro atoms. The summed E-state index contributed by atoms with van der Waals surface area (Å²) in [5.41, 5.74) is 0. The van der Waals surface area contributed by atoms with Crippen molar-refractivity contribution in [3.8, 4) is 0 Å². The van der Waals surface area contributed by atoms with Gasteiger partial charge >= 0.3 is 0 Å². The summed E-state index contributed by atoms with van der Waals surface area (Å²) in [5.74, 6) is 2.76. The molecule has 2 atom stereocenters. The van der Waals surface area contributed by atoms with Crippen LogP contribution in [-0.2, 0) is 11.2 Å². The second kappa shape index (κ2) is 5.36. The maximum absolute atomic E-state index is 5.74. The van der Waals surface area contributed by atoms with E-state index in [1.54, 1.807) is 0 Å². The lowest BCUT2D eigenvalue weighted by Gasteiger charge is -2.11. The van der Waals surface area contributed by atoms with Crippen molar-refractivity contribution < 1.29 is 9.26 Å². The van der Waals surface area contributed by atoms with Crippen LogP contribution in [0.4, 0.5) is 0 Å². The van der Waals surface area contributed by atoms with Crippen LogP contribution in [0.3, 0.4) is 0 Å². The quantitative estimate of drug-likeness (QED) is 0.834. The topological polar surface area (TPSA) is 60.2 Å². The molecule has 1 aliphatic heterocycles. The van der Waals surface area contributed by atoms with Gasteiger partial charge in [-0.25, -0.2) is 0 Å². The Kier molecular flexibility index (Phi) is 3.61. The van der Waals surface area contributed by atoms with Crippen molar-refractivity contribution in [3.63, 3.8) is 0 Å². The SMILES string of the molecule is CCOC(c1noc(CC2CCNC2)n1)C1CC1. The molecule has 0 amide bonds. The van der Waals surface area contributed by atoms with E-state index in [0.717, 1.165) is 31.2 Å². The Morgan fingerprint density at radius 2 is 2.33 bits per heavy atom. The monoisotopic (exact) mass is 251 g/mol. The van der Waals surface area contributed by atoms with E-state index in [4.69, 9.17) is 9.26 Å². The molecule has 1 saturated heterocycles. The van der Waals surface area contributed by atoms with Gasteiger partial charge in [-0.3, -0.25) is 0 Å². The fourth-order valence-electron chi connectivity index (χ4n) is 2.60. The van der Waals surface area contributed by atoms with Crippen LogP contribution in [0.25, 0.3) is 0 Å². The summed E-state index contributed by atoms with van der Waals surface area (Å²) in [4.78, 5) is 4.52. The van der Waals surface area contributed by atoms with Crippen molar-refractivity contribution in [2.45, 2.75) is 38.7 Å². The summed E-state index contributed by atoms with van der Waals surface area (Å²) in [6, 6.07) is 0. The van der Waals surface area contributed by atoms with E-state index < -0.39 is 0 Å². The number of rotatable bonds is 6. The van der Waals surface area contributed by atoms with Crippen LogP contribution < -0.4 is 5.32 Å². The Hall–Kier alpha value is -0.940. The first-order valence-corrected chi connectivity index (χ1v) is 7.01. The Balaban J connectivity index is 1.63. The maximum atomic E-state index is 5.74. The van der Waals surface area contributed by atoms with Crippen LogP contribution in [0.1, 0.15) is 44.0 Å². The zero-order valence-corrected chi connectivity index (χ0v) is 10.9. The third-order valence-electron chi connectivity index (χ3n) is 3.76. The number of nitrogens with one attached hydrogen (secondary N) is 1. The highest BCUT2D eigenvalue weighted by Gasteiger charge is 2.36. The van der Waals surface area contributed by atoms with Crippen molar-refractivity contribution in [2.24, 2.45) is 11.8 Å². The summed E-state index contributed by atoms with van der Waals surface area (Å²) >= 11 is 0. The molecule has 2 unspecified atom stereocenters. The minimum Gasteiger partial charge on any atom is -0.370 e. The molecule has 18 heavy (non-hydrogen) atoms. The largest absolute Gasteiger partial charge is 0.370 e. The van der Waals surface area contributed by atoms with E-state index in [2.05, 4.69) is 15.5 Å². The number of hydrogen-bond acceptors (Lipinski definition) is 5. The zero-order chi connectivity index (χ0) is 12.4. The molecule has 1 aliphatic carbocycles. The van der Waals surface area contributed by atoms with E-state index in [1.165, 1.54) is 19.3 Å². The molecule has 1 N–H and O–H groups in total. The zero-order valence-electron chi connectivity index (χ0n) is 10.9. The van der Waals surface area contributed by atoms with E-state index in [1.807, 2.05) is 6.92 Å². The summed E-state index contributed by atoms with van der Waals surface area (Å²) in [5, 5.41) is 7.46. The van der Waals surface area contributed by atoms with Gasteiger partial charge in [-0.1, -0.05) is 5.16 Å². The van der Waals surface area contributed by atoms with Crippen molar-refractivity contribution in [2.75, 3.05) is 19.7 Å². The normalized spacial score (nSPS) is 25.5. The molecule has 0 aromatic carbocycles. The highest BCUT2D eigenvalue weighted by atomic mass is 16.5. The molecule has 0 radical (unpaired) electrons. The van der Waals surface area contributed by atoms with E-state index in [-0.39, 0.29) is 6.10 Å². The van der Waals surface area contributed by atoms with E-state index in [0.29, 0.717) is 18.4 Å². The highest BCUT2D eigenvalue weighted by Crippen LogP contribution is 2.42. The third-order valence-corrected chi connectivity index (χ3v) is 3.76. The Bertz CT molecular complexity index is 383. The van der Waals surface area contributed by atoms with Gasteiger partial charge in [0, 0.05) is 13.0 Å². The average molecular weight is 251 g/mol. The molecule has 2 aliphatic rings. The Morgan fingerprint density at radius 3 is 3.00 bits per heavy atom. The van der Waals surface area contributed by atoms with Crippen molar-refractivity contribution in [1.82, 2.24) is 15.5 Å². The molecule has 5 heteroatoms. The molecule has 3 rings (SSSR count). The minimum atomic E-state index is 0.0502. The van der Waals surface area contributed by atoms with Crippen molar-refractivity contribution >= 4 is 0 Å². The molecule has 1 saturated carbocycles. The first kappa shape index (κ1) is 12.1. The van der Waals surface area contributed by atoms with Gasteiger partial charge < -0.3 is 14.6 Å². The molecule has 5 nitrogen and oxygen atoms in total. The number of aromatic nitrogens is 2. The predicted octanol–water partition coefficient (Wildman–Crippen LogP) is 1.71. The second-order valence-electron chi connectivity index (χ2n) is 5.32. The lowest BCUT2D eigenvalue weighted by Crippen LogP contribution is -2.11. The third kappa shape index (κ3) is 2.72. The smallest absolute Gasteiger partial charge is 0.227 e. The van der Waals surface area contributed by atoms with Crippen LogP contribution in [0, 0.1) is 11.8 Å². The van der Waals surface area contributed by atoms with Gasteiger partial charge in [0.2, 0.25) is 11.7 Å². The lowest BCUT2D eigenvalue weighted by molar-refractivity contribution is 0.0384. The standard InChI is InChI=1S/C13H21N3O2/c1-2-17-12(10-3-4-10)13-15-11(18-16-13)7-9-5-6-14-8-9/h9-10,12,14H,2-8H2,1H3. The Labute approximate surface area is 107 Å². The van der Waals surface area contributed by atoms with Gasteiger partial charge in [-0.15, -0.1) is 0 Å². The maximum Gasteiger partial charge on any atom is 0.227 e. The number of hydrogen-bond donors (Lipinski definition) is 1. The van der Waals surface area contributed by atoms with Gasteiger partial charge in [-0.2, -0.15) is 4.98 Å². The molecular weight excluding hydrogens is 230 g/mol. The molecular formula is C13H21N3O2. The highest BCUT2D eigenvalue weighted by molar-refractivity contribution is 4.99. The lowest BCUT2D eigenvalue weighted by atomic mass is 10.1.